The van der Waals surface area contributed by atoms with Crippen LogP contribution in [0.5, 0.6) is 0 Å². The molecule has 1 aliphatic rings. The first-order valence-electron chi connectivity index (χ1n) is 6.38. The highest BCUT2D eigenvalue weighted by molar-refractivity contribution is 7.99. The lowest BCUT2D eigenvalue weighted by Crippen LogP contribution is -2.48. The number of hydrogen-bond acceptors (Lipinski definition) is 3. The normalized spacial score (nSPS) is 28.3. The Balaban J connectivity index is 1.89. The number of benzene rings is 1. The van der Waals surface area contributed by atoms with E-state index in [9.17, 15) is 5.11 Å². The van der Waals surface area contributed by atoms with E-state index in [1.807, 2.05) is 30.0 Å². The van der Waals surface area contributed by atoms with Crippen molar-refractivity contribution in [3.05, 3.63) is 34.9 Å². The third kappa shape index (κ3) is 3.64. The molecule has 0 heterocycles. The van der Waals surface area contributed by atoms with E-state index >= 15 is 0 Å². The standard InChI is InChI=1S/C14H20ClNOS/c15-13-6-2-1-4-11(13)9-18-12-5-3-7-14(16,8-12)10-17/h1-2,4,6,12,17H,3,5,7-10,16H2. The van der Waals surface area contributed by atoms with Crippen LogP contribution in [0.25, 0.3) is 0 Å². The maximum absolute atomic E-state index is 9.34. The Bertz CT molecular complexity index is 401. The van der Waals surface area contributed by atoms with Crippen molar-refractivity contribution in [3.63, 3.8) is 0 Å². The molecule has 1 fully saturated rings. The average Bonchev–Trinajstić information content (AvgIpc) is 2.38. The molecule has 2 nitrogen and oxygen atoms in total. The molecular formula is C14H20ClNOS. The maximum Gasteiger partial charge on any atom is 0.0611 e. The first kappa shape index (κ1) is 14.2. The second kappa shape index (κ2) is 6.29. The number of nitrogens with two attached hydrogens (primary N) is 1. The van der Waals surface area contributed by atoms with Gasteiger partial charge in [-0.2, -0.15) is 11.8 Å². The quantitative estimate of drug-likeness (QED) is 0.893. The summed E-state index contributed by atoms with van der Waals surface area (Å²) in [7, 11) is 0. The maximum atomic E-state index is 9.34. The Kier molecular flexibility index (Phi) is 4.96. The van der Waals surface area contributed by atoms with Crippen molar-refractivity contribution in [2.75, 3.05) is 6.61 Å². The van der Waals surface area contributed by atoms with Crippen LogP contribution in [-0.2, 0) is 5.75 Å². The van der Waals surface area contributed by atoms with Crippen molar-refractivity contribution >= 4 is 23.4 Å². The van der Waals surface area contributed by atoms with E-state index in [0.29, 0.717) is 5.25 Å². The summed E-state index contributed by atoms with van der Waals surface area (Å²) in [6.45, 7) is 0.0934. The molecule has 2 rings (SSSR count). The van der Waals surface area contributed by atoms with Crippen molar-refractivity contribution in [2.45, 2.75) is 42.2 Å². The van der Waals surface area contributed by atoms with E-state index < -0.39 is 0 Å². The fourth-order valence-electron chi connectivity index (χ4n) is 2.45. The lowest BCUT2D eigenvalue weighted by Gasteiger charge is -2.36. The van der Waals surface area contributed by atoms with E-state index in [1.54, 1.807) is 0 Å². The minimum Gasteiger partial charge on any atom is -0.394 e. The van der Waals surface area contributed by atoms with Gasteiger partial charge in [0.25, 0.3) is 0 Å². The van der Waals surface area contributed by atoms with Gasteiger partial charge in [0, 0.05) is 21.6 Å². The zero-order valence-electron chi connectivity index (χ0n) is 10.4. The van der Waals surface area contributed by atoms with Gasteiger partial charge >= 0.3 is 0 Å². The zero-order valence-corrected chi connectivity index (χ0v) is 12.0. The third-order valence-electron chi connectivity index (χ3n) is 3.58. The largest absolute Gasteiger partial charge is 0.394 e. The summed E-state index contributed by atoms with van der Waals surface area (Å²) in [5.41, 5.74) is 6.98. The third-order valence-corrected chi connectivity index (χ3v) is 5.30. The molecule has 2 atom stereocenters. The van der Waals surface area contributed by atoms with Crippen molar-refractivity contribution in [3.8, 4) is 0 Å². The topological polar surface area (TPSA) is 46.2 Å². The molecule has 0 aliphatic heterocycles. The Morgan fingerprint density at radius 1 is 1.44 bits per heavy atom. The second-order valence-corrected chi connectivity index (χ2v) is 6.84. The van der Waals surface area contributed by atoms with Gasteiger partial charge in [-0.05, 0) is 30.9 Å². The molecular weight excluding hydrogens is 266 g/mol. The lowest BCUT2D eigenvalue weighted by molar-refractivity contribution is 0.159. The zero-order chi connectivity index (χ0) is 13.0. The predicted molar refractivity (Wildman–Crippen MR) is 79.0 cm³/mol. The number of thioether (sulfide) groups is 1. The molecule has 0 bridgehead atoms. The lowest BCUT2D eigenvalue weighted by atomic mass is 9.83. The van der Waals surface area contributed by atoms with Gasteiger partial charge in [0.1, 0.15) is 0 Å². The molecule has 4 heteroatoms. The molecule has 1 aliphatic carbocycles. The van der Waals surface area contributed by atoms with Crippen LogP contribution in [0, 0.1) is 0 Å². The monoisotopic (exact) mass is 285 g/mol. The van der Waals surface area contributed by atoms with E-state index in [-0.39, 0.29) is 12.1 Å². The number of aliphatic hydroxyl groups excluding tert-OH is 1. The molecule has 1 saturated carbocycles. The summed E-state index contributed by atoms with van der Waals surface area (Å²) in [4.78, 5) is 0. The minimum absolute atomic E-state index is 0.0934. The number of aliphatic hydroxyl groups is 1. The molecule has 1 aromatic rings. The molecule has 1 aromatic carbocycles. The first-order valence-corrected chi connectivity index (χ1v) is 7.80. The summed E-state index contributed by atoms with van der Waals surface area (Å²) in [5.74, 6) is 0.922. The molecule has 0 radical (unpaired) electrons. The average molecular weight is 286 g/mol. The minimum atomic E-state index is -0.365. The smallest absolute Gasteiger partial charge is 0.0611 e. The highest BCUT2D eigenvalue weighted by Gasteiger charge is 2.32. The van der Waals surface area contributed by atoms with Gasteiger partial charge in [0.2, 0.25) is 0 Å². The molecule has 0 spiro atoms. The van der Waals surface area contributed by atoms with Crippen LogP contribution in [0.1, 0.15) is 31.2 Å². The molecule has 0 amide bonds. The highest BCUT2D eigenvalue weighted by atomic mass is 35.5. The van der Waals surface area contributed by atoms with Gasteiger partial charge in [-0.25, -0.2) is 0 Å². The van der Waals surface area contributed by atoms with Gasteiger partial charge in [0.15, 0.2) is 0 Å². The van der Waals surface area contributed by atoms with E-state index in [2.05, 4.69) is 6.07 Å². The van der Waals surface area contributed by atoms with Crippen LogP contribution in [0.4, 0.5) is 0 Å². The molecule has 3 N–H and O–H groups in total. The second-order valence-electron chi connectivity index (χ2n) is 5.14. The Morgan fingerprint density at radius 3 is 2.94 bits per heavy atom. The molecule has 0 saturated heterocycles. The fourth-order valence-corrected chi connectivity index (χ4v) is 4.18. The Hall–Kier alpha value is -0.220. The van der Waals surface area contributed by atoms with Crippen molar-refractivity contribution in [2.24, 2.45) is 5.73 Å². The number of rotatable bonds is 4. The van der Waals surface area contributed by atoms with Crippen molar-refractivity contribution in [1.29, 1.82) is 0 Å². The molecule has 18 heavy (non-hydrogen) atoms. The van der Waals surface area contributed by atoms with Crippen LogP contribution < -0.4 is 5.73 Å². The molecule has 0 aromatic heterocycles. The van der Waals surface area contributed by atoms with Crippen LogP contribution in [0.15, 0.2) is 24.3 Å². The SMILES string of the molecule is NC1(CO)CCCC(SCc2ccccc2Cl)C1. The molecule has 100 valence electrons. The number of halogens is 1. The van der Waals surface area contributed by atoms with Gasteiger partial charge in [-0.1, -0.05) is 36.2 Å². The Labute approximate surface area is 118 Å². The summed E-state index contributed by atoms with van der Waals surface area (Å²) in [6.07, 6.45) is 4.14. The van der Waals surface area contributed by atoms with Crippen LogP contribution in [0.3, 0.4) is 0 Å². The first-order chi connectivity index (χ1) is 8.63. The molecule has 2 unspecified atom stereocenters. The summed E-state index contributed by atoms with van der Waals surface area (Å²) < 4.78 is 0. The van der Waals surface area contributed by atoms with Gasteiger partial charge in [-0.3, -0.25) is 0 Å². The summed E-state index contributed by atoms with van der Waals surface area (Å²) >= 11 is 8.05. The van der Waals surface area contributed by atoms with E-state index in [1.165, 1.54) is 12.0 Å². The van der Waals surface area contributed by atoms with Crippen LogP contribution in [-0.4, -0.2) is 22.5 Å². The fraction of sp³-hybridized carbons (Fsp3) is 0.571. The van der Waals surface area contributed by atoms with E-state index in [4.69, 9.17) is 17.3 Å². The summed E-state index contributed by atoms with van der Waals surface area (Å²) in [5, 5.41) is 10.7. The van der Waals surface area contributed by atoms with Gasteiger partial charge < -0.3 is 10.8 Å². The van der Waals surface area contributed by atoms with Crippen LogP contribution in [0.2, 0.25) is 5.02 Å². The van der Waals surface area contributed by atoms with Crippen molar-refractivity contribution < 1.29 is 5.11 Å². The van der Waals surface area contributed by atoms with Crippen molar-refractivity contribution in [1.82, 2.24) is 0 Å². The number of hydrogen-bond donors (Lipinski definition) is 2. The van der Waals surface area contributed by atoms with Crippen LogP contribution >= 0.6 is 23.4 Å². The highest BCUT2D eigenvalue weighted by Crippen LogP contribution is 2.35. The van der Waals surface area contributed by atoms with E-state index in [0.717, 1.165) is 30.0 Å². The Morgan fingerprint density at radius 2 is 2.22 bits per heavy atom. The van der Waals surface area contributed by atoms with Gasteiger partial charge in [0.05, 0.1) is 6.61 Å². The van der Waals surface area contributed by atoms with Gasteiger partial charge in [-0.15, -0.1) is 0 Å². The summed E-state index contributed by atoms with van der Waals surface area (Å²) in [6, 6.07) is 7.97. The predicted octanol–water partition coefficient (Wildman–Crippen LogP) is 3.21.